The van der Waals surface area contributed by atoms with Gasteiger partial charge in [-0.2, -0.15) is 0 Å². The van der Waals surface area contributed by atoms with E-state index in [1.54, 1.807) is 0 Å². The maximum absolute atomic E-state index is 10.8. The van der Waals surface area contributed by atoms with Crippen LogP contribution in [0, 0.1) is 11.8 Å². The van der Waals surface area contributed by atoms with Crippen molar-refractivity contribution in [2.24, 2.45) is 10.9 Å². The fourth-order valence-corrected chi connectivity index (χ4v) is 2.25. The van der Waals surface area contributed by atoms with Gasteiger partial charge in [0.2, 0.25) is 10.0 Å². The van der Waals surface area contributed by atoms with Gasteiger partial charge in [0.1, 0.15) is 4.21 Å². The van der Waals surface area contributed by atoms with Gasteiger partial charge in [0.15, 0.2) is 0 Å². The first-order valence-corrected chi connectivity index (χ1v) is 5.70. The standard InChI is InChI=1S/C7H6N2O3S2/c8-6(10)3-1-5-2-4-7(13-5)14(9,11)12/h2,4H,(H2,8,10)(H2,9,11,12). The Morgan fingerprint density at radius 2 is 2.07 bits per heavy atom. The Morgan fingerprint density at radius 1 is 1.43 bits per heavy atom. The quantitative estimate of drug-likeness (QED) is 0.619. The Kier molecular flexibility index (Phi) is 2.90. The number of hydrogen-bond acceptors (Lipinski definition) is 4. The largest absolute Gasteiger partial charge is 0.359 e. The molecule has 4 N–H and O–H groups in total. The molecule has 0 aliphatic heterocycles. The van der Waals surface area contributed by atoms with Crippen molar-refractivity contribution in [1.29, 1.82) is 0 Å². The van der Waals surface area contributed by atoms with E-state index in [0.29, 0.717) is 4.88 Å². The number of nitrogens with two attached hydrogens (primary N) is 2. The molecule has 0 aliphatic carbocycles. The van der Waals surface area contributed by atoms with Crippen LogP contribution >= 0.6 is 11.3 Å². The van der Waals surface area contributed by atoms with Crippen molar-refractivity contribution < 1.29 is 13.2 Å². The first-order valence-electron chi connectivity index (χ1n) is 3.33. The highest BCUT2D eigenvalue weighted by Gasteiger charge is 2.09. The smallest absolute Gasteiger partial charge is 0.293 e. The van der Waals surface area contributed by atoms with Crippen molar-refractivity contribution >= 4 is 27.3 Å². The van der Waals surface area contributed by atoms with E-state index in [1.807, 2.05) is 0 Å². The summed E-state index contributed by atoms with van der Waals surface area (Å²) >= 11 is 0.887. The van der Waals surface area contributed by atoms with E-state index < -0.39 is 15.9 Å². The molecule has 0 bridgehead atoms. The van der Waals surface area contributed by atoms with Gasteiger partial charge in [-0.25, -0.2) is 13.6 Å². The molecule has 0 fully saturated rings. The summed E-state index contributed by atoms with van der Waals surface area (Å²) in [4.78, 5) is 10.7. The van der Waals surface area contributed by atoms with Crippen LogP contribution in [-0.4, -0.2) is 14.3 Å². The van der Waals surface area contributed by atoms with Crippen molar-refractivity contribution in [1.82, 2.24) is 0 Å². The van der Waals surface area contributed by atoms with E-state index in [0.717, 1.165) is 11.3 Å². The molecule has 0 radical (unpaired) electrons. The minimum Gasteiger partial charge on any atom is -0.359 e. The highest BCUT2D eigenvalue weighted by Crippen LogP contribution is 2.18. The first-order chi connectivity index (χ1) is 6.39. The summed E-state index contributed by atoms with van der Waals surface area (Å²) in [5.74, 6) is 3.73. The third-order valence-corrected chi connectivity index (χ3v) is 3.61. The molecule has 14 heavy (non-hydrogen) atoms. The van der Waals surface area contributed by atoms with E-state index in [4.69, 9.17) is 10.9 Å². The number of amides is 1. The predicted octanol–water partition coefficient (Wildman–Crippen LogP) is -0.768. The molecular formula is C7H6N2O3S2. The Balaban J connectivity index is 3.03. The normalized spacial score (nSPS) is 10.4. The fourth-order valence-electron chi connectivity index (χ4n) is 0.663. The predicted molar refractivity (Wildman–Crippen MR) is 51.8 cm³/mol. The summed E-state index contributed by atoms with van der Waals surface area (Å²) in [5, 5.41) is 4.87. The number of carbonyl (C=O) groups is 1. The molecule has 1 rings (SSSR count). The lowest BCUT2D eigenvalue weighted by atomic mass is 10.4. The second-order valence-electron chi connectivity index (χ2n) is 2.28. The molecule has 1 aromatic heterocycles. The average Bonchev–Trinajstić information content (AvgIpc) is 2.47. The lowest BCUT2D eigenvalue weighted by Gasteiger charge is -1.87. The number of carbonyl (C=O) groups excluding carboxylic acids is 1. The molecule has 1 amide bonds. The summed E-state index contributed by atoms with van der Waals surface area (Å²) in [5.41, 5.74) is 4.78. The maximum atomic E-state index is 10.8. The molecule has 5 nitrogen and oxygen atoms in total. The molecule has 74 valence electrons. The van der Waals surface area contributed by atoms with Crippen LogP contribution in [-0.2, 0) is 14.8 Å². The number of primary amides is 1. The van der Waals surface area contributed by atoms with Gasteiger partial charge in [-0.3, -0.25) is 4.79 Å². The molecule has 0 aliphatic rings. The number of rotatable bonds is 1. The molecule has 0 unspecified atom stereocenters. The fraction of sp³-hybridized carbons (Fsp3) is 0. The lowest BCUT2D eigenvalue weighted by molar-refractivity contribution is -0.112. The highest BCUT2D eigenvalue weighted by molar-refractivity contribution is 7.91. The van der Waals surface area contributed by atoms with Gasteiger partial charge in [-0.1, -0.05) is 0 Å². The van der Waals surface area contributed by atoms with Crippen LogP contribution in [0.3, 0.4) is 0 Å². The second kappa shape index (κ2) is 3.79. The van der Waals surface area contributed by atoms with Gasteiger partial charge in [-0.15, -0.1) is 11.3 Å². The lowest BCUT2D eigenvalue weighted by Crippen LogP contribution is -2.09. The zero-order valence-corrected chi connectivity index (χ0v) is 8.48. The van der Waals surface area contributed by atoms with Gasteiger partial charge in [0.25, 0.3) is 5.91 Å². The molecule has 1 heterocycles. The molecule has 0 saturated carbocycles. The SMILES string of the molecule is NC(=O)C#Cc1ccc(S(N)(=O)=O)s1. The molecule has 7 heteroatoms. The van der Waals surface area contributed by atoms with E-state index in [1.165, 1.54) is 12.1 Å². The minimum absolute atomic E-state index is 0.00581. The Labute approximate surface area is 84.8 Å². The van der Waals surface area contributed by atoms with Crippen molar-refractivity contribution in [3.8, 4) is 11.8 Å². The van der Waals surface area contributed by atoms with Crippen LogP contribution in [0.1, 0.15) is 4.88 Å². The summed E-state index contributed by atoms with van der Waals surface area (Å²) in [7, 11) is -3.69. The van der Waals surface area contributed by atoms with Crippen molar-refractivity contribution in [2.75, 3.05) is 0 Å². The van der Waals surface area contributed by atoms with E-state index in [2.05, 4.69) is 11.8 Å². The Morgan fingerprint density at radius 3 is 2.50 bits per heavy atom. The number of sulfonamides is 1. The van der Waals surface area contributed by atoms with E-state index >= 15 is 0 Å². The Hall–Kier alpha value is -1.36. The first kappa shape index (κ1) is 10.7. The van der Waals surface area contributed by atoms with Crippen LogP contribution in [0.4, 0.5) is 0 Å². The zero-order chi connectivity index (χ0) is 10.8. The molecular weight excluding hydrogens is 224 g/mol. The second-order valence-corrected chi connectivity index (χ2v) is 5.15. The van der Waals surface area contributed by atoms with Crippen molar-refractivity contribution in [2.45, 2.75) is 4.21 Å². The topological polar surface area (TPSA) is 103 Å². The highest BCUT2D eigenvalue weighted by atomic mass is 32.2. The van der Waals surface area contributed by atoms with Gasteiger partial charge in [-0.05, 0) is 18.1 Å². The summed E-state index contributed by atoms with van der Waals surface area (Å²) in [6.07, 6.45) is 0. The summed E-state index contributed by atoms with van der Waals surface area (Å²) in [6, 6.07) is 2.78. The summed E-state index contributed by atoms with van der Waals surface area (Å²) < 4.78 is 21.7. The molecule has 0 atom stereocenters. The van der Waals surface area contributed by atoms with Crippen LogP contribution in [0.25, 0.3) is 0 Å². The van der Waals surface area contributed by atoms with Gasteiger partial charge >= 0.3 is 0 Å². The number of primary sulfonamides is 1. The number of thiophene rings is 1. The Bertz CT molecular complexity index is 519. The van der Waals surface area contributed by atoms with Crippen LogP contribution < -0.4 is 10.9 Å². The van der Waals surface area contributed by atoms with Crippen LogP contribution in [0.2, 0.25) is 0 Å². The van der Waals surface area contributed by atoms with Gasteiger partial charge in [0.05, 0.1) is 4.88 Å². The zero-order valence-electron chi connectivity index (χ0n) is 6.85. The number of hydrogen-bond donors (Lipinski definition) is 2. The van der Waals surface area contributed by atoms with Gasteiger partial charge in [0, 0.05) is 5.92 Å². The third-order valence-electron chi connectivity index (χ3n) is 1.17. The maximum Gasteiger partial charge on any atom is 0.293 e. The molecule has 0 saturated heterocycles. The molecule has 0 aromatic carbocycles. The molecule has 1 aromatic rings. The average molecular weight is 230 g/mol. The monoisotopic (exact) mass is 230 g/mol. The van der Waals surface area contributed by atoms with Crippen LogP contribution in [0.5, 0.6) is 0 Å². The molecule has 0 spiro atoms. The van der Waals surface area contributed by atoms with Crippen molar-refractivity contribution in [3.63, 3.8) is 0 Å². The minimum atomic E-state index is -3.69. The van der Waals surface area contributed by atoms with E-state index in [-0.39, 0.29) is 4.21 Å². The van der Waals surface area contributed by atoms with Crippen LogP contribution in [0.15, 0.2) is 16.3 Å². The van der Waals surface area contributed by atoms with E-state index in [9.17, 15) is 13.2 Å². The van der Waals surface area contributed by atoms with Crippen molar-refractivity contribution in [3.05, 3.63) is 17.0 Å². The summed E-state index contributed by atoms with van der Waals surface area (Å²) in [6.45, 7) is 0. The van der Waals surface area contributed by atoms with Gasteiger partial charge < -0.3 is 5.73 Å². The third kappa shape index (κ3) is 2.85.